The Kier molecular flexibility index (Phi) is 11.2. The molecule has 6 aromatic rings. The number of fused-ring (bicyclic) bond motifs is 14. The Morgan fingerprint density at radius 2 is 1.03 bits per heavy atom. The second kappa shape index (κ2) is 16.9. The first-order valence-electron chi connectivity index (χ1n) is 25.1. The lowest BCUT2D eigenvalue weighted by Crippen LogP contribution is -2.32. The summed E-state index contributed by atoms with van der Waals surface area (Å²) in [5.74, 6) is -2.10. The van der Waals surface area contributed by atoms with E-state index in [9.17, 15) is 33.1 Å². The first-order valence-corrected chi connectivity index (χ1v) is 25.1. The van der Waals surface area contributed by atoms with Crippen molar-refractivity contribution in [1.82, 2.24) is 9.13 Å². The highest BCUT2D eigenvalue weighted by atomic mass is 19.1. The normalized spacial score (nSPS) is 23.4. The average molecular weight is 951 g/mol. The first-order chi connectivity index (χ1) is 33.6. The number of carboxylic acid groups (broad SMARTS) is 1. The number of halogens is 2. The minimum atomic E-state index is -0.954. The monoisotopic (exact) mass is 950 g/mol. The number of hydrogen-bond donors (Lipinski definition) is 1. The zero-order valence-electron chi connectivity index (χ0n) is 40.6. The van der Waals surface area contributed by atoms with Crippen LogP contribution in [0, 0.1) is 22.5 Å². The molecule has 12 rings (SSSR count). The summed E-state index contributed by atoms with van der Waals surface area (Å²) in [7, 11) is 2.74. The van der Waals surface area contributed by atoms with Crippen molar-refractivity contribution in [2.45, 2.75) is 140 Å². The first kappa shape index (κ1) is 46.1. The van der Waals surface area contributed by atoms with Crippen molar-refractivity contribution in [3.05, 3.63) is 118 Å². The van der Waals surface area contributed by atoms with Crippen LogP contribution in [0.3, 0.4) is 0 Å². The molecule has 0 spiro atoms. The molecular weight excluding hydrogens is 891 g/mol. The van der Waals surface area contributed by atoms with Crippen molar-refractivity contribution in [2.75, 3.05) is 14.2 Å². The van der Waals surface area contributed by atoms with E-state index in [1.54, 1.807) is 12.1 Å². The van der Waals surface area contributed by atoms with Crippen molar-refractivity contribution in [3.8, 4) is 22.5 Å². The van der Waals surface area contributed by atoms with Gasteiger partial charge in [-0.3, -0.25) is 9.59 Å². The standard InChI is InChI=1S/C31H34FNO4.C27H26FNO4/c1-30(2,3)37-29(35)31-16-24(31)23-15-20(32)11-13-21(23)27-26(18-8-6-5-7-9-18)22-12-10-19(28(34)36-4)14-25(22)33(27)17-31;1-33-25(30)16-7-9-19-22(11-16)29-14-27(26(31)32)13-21(27)20-12-17(28)8-10-18(20)24(29)23(19)15-5-3-2-4-6-15/h10-15,18,24H,5-9,16-17H2,1-4H3;7-12,15,21H,2-6,13-14H2,1H3,(H,31,32)/t24-,31-;21-,27-/m00/s1. The van der Waals surface area contributed by atoms with Crippen LogP contribution in [-0.4, -0.2) is 57.9 Å². The molecule has 70 heavy (non-hydrogen) atoms. The molecule has 2 aromatic heterocycles. The minimum Gasteiger partial charge on any atom is -0.481 e. The van der Waals surface area contributed by atoms with Gasteiger partial charge in [0, 0.05) is 57.9 Å². The molecule has 4 heterocycles. The predicted molar refractivity (Wildman–Crippen MR) is 262 cm³/mol. The van der Waals surface area contributed by atoms with Gasteiger partial charge in [-0.1, -0.05) is 50.7 Å². The largest absolute Gasteiger partial charge is 0.481 e. The highest BCUT2D eigenvalue weighted by Gasteiger charge is 2.65. The van der Waals surface area contributed by atoms with Gasteiger partial charge in [0.25, 0.3) is 0 Å². The zero-order valence-corrected chi connectivity index (χ0v) is 40.6. The fourth-order valence-electron chi connectivity index (χ4n) is 13.1. The van der Waals surface area contributed by atoms with Gasteiger partial charge in [0.15, 0.2) is 0 Å². The maximum absolute atomic E-state index is 14.7. The Bertz CT molecular complexity index is 3170. The summed E-state index contributed by atoms with van der Waals surface area (Å²) in [6.07, 6.45) is 12.6. The number of aliphatic carboxylic acids is 1. The Labute approximate surface area is 406 Å². The third kappa shape index (κ3) is 7.45. The Hall–Kier alpha value is -6.30. The number of rotatable bonds is 6. The molecule has 4 aliphatic carbocycles. The smallest absolute Gasteiger partial charge is 0.337 e. The van der Waals surface area contributed by atoms with Gasteiger partial charge < -0.3 is 28.5 Å². The van der Waals surface area contributed by atoms with Crippen LogP contribution in [0.25, 0.3) is 44.3 Å². The second-order valence-electron chi connectivity index (χ2n) is 21.9. The van der Waals surface area contributed by atoms with Gasteiger partial charge in [-0.15, -0.1) is 0 Å². The topological polar surface area (TPSA) is 126 Å². The van der Waals surface area contributed by atoms with Crippen molar-refractivity contribution in [3.63, 3.8) is 0 Å². The Morgan fingerprint density at radius 1 is 0.600 bits per heavy atom. The highest BCUT2D eigenvalue weighted by molar-refractivity contribution is 6.01. The third-order valence-electron chi connectivity index (χ3n) is 16.6. The number of hydrogen-bond acceptors (Lipinski definition) is 7. The Balaban J connectivity index is 0.000000153. The van der Waals surface area contributed by atoms with E-state index >= 15 is 0 Å². The molecule has 1 N–H and O–H groups in total. The molecule has 0 unspecified atom stereocenters. The fourth-order valence-corrected chi connectivity index (χ4v) is 13.1. The summed E-state index contributed by atoms with van der Waals surface area (Å²) in [6, 6.07) is 21.2. The number of carbonyl (C=O) groups excluding carboxylic acids is 3. The van der Waals surface area contributed by atoms with E-state index in [-0.39, 0.29) is 35.4 Å². The highest BCUT2D eigenvalue weighted by Crippen LogP contribution is 2.67. The van der Waals surface area contributed by atoms with E-state index in [4.69, 9.17) is 14.2 Å². The predicted octanol–water partition coefficient (Wildman–Crippen LogP) is 13.0. The lowest BCUT2D eigenvalue weighted by atomic mass is 9.81. The molecule has 2 aliphatic heterocycles. The molecule has 4 fully saturated rings. The Morgan fingerprint density at radius 3 is 1.46 bits per heavy atom. The van der Waals surface area contributed by atoms with Crippen LogP contribution in [0.4, 0.5) is 8.78 Å². The van der Waals surface area contributed by atoms with Crippen LogP contribution in [-0.2, 0) is 36.9 Å². The van der Waals surface area contributed by atoms with Gasteiger partial charge in [0.2, 0.25) is 0 Å². The molecule has 0 radical (unpaired) electrons. The van der Waals surface area contributed by atoms with E-state index in [1.165, 1.54) is 69.2 Å². The van der Waals surface area contributed by atoms with E-state index < -0.39 is 28.4 Å². The quantitative estimate of drug-likeness (QED) is 0.129. The molecular formula is C58H60F2N2O8. The lowest BCUT2D eigenvalue weighted by molar-refractivity contribution is -0.162. The van der Waals surface area contributed by atoms with E-state index in [0.29, 0.717) is 48.9 Å². The van der Waals surface area contributed by atoms with Crippen molar-refractivity contribution < 1.29 is 47.3 Å². The number of esters is 3. The molecule has 4 atom stereocenters. The fraction of sp³-hybridized carbons (Fsp3) is 0.448. The van der Waals surface area contributed by atoms with Gasteiger partial charge in [0.1, 0.15) is 17.2 Å². The summed E-state index contributed by atoms with van der Waals surface area (Å²) >= 11 is 0. The van der Waals surface area contributed by atoms with Crippen molar-refractivity contribution in [2.24, 2.45) is 10.8 Å². The summed E-state index contributed by atoms with van der Waals surface area (Å²) in [4.78, 5) is 51.0. The summed E-state index contributed by atoms with van der Waals surface area (Å²) in [6.45, 7) is 6.38. The van der Waals surface area contributed by atoms with Crippen molar-refractivity contribution >= 4 is 45.7 Å². The van der Waals surface area contributed by atoms with Crippen LogP contribution in [0.1, 0.15) is 164 Å². The number of nitrogens with zero attached hydrogens (tertiary/aromatic N) is 2. The lowest BCUT2D eigenvalue weighted by Gasteiger charge is -2.25. The van der Waals surface area contributed by atoms with Crippen LogP contribution in [0.2, 0.25) is 0 Å². The number of methoxy groups -OCH3 is 2. The molecule has 0 bridgehead atoms. The van der Waals surface area contributed by atoms with Crippen molar-refractivity contribution in [1.29, 1.82) is 0 Å². The van der Waals surface area contributed by atoms with E-state index in [0.717, 1.165) is 94.0 Å². The molecule has 6 aliphatic rings. The summed E-state index contributed by atoms with van der Waals surface area (Å²) in [5.41, 5.74) is 8.51. The van der Waals surface area contributed by atoms with Crippen LogP contribution < -0.4 is 0 Å². The number of carboxylic acids is 1. The van der Waals surface area contributed by atoms with Gasteiger partial charge in [-0.05, 0) is 154 Å². The third-order valence-corrected chi connectivity index (χ3v) is 16.6. The number of carbonyl (C=O) groups is 4. The molecule has 4 saturated carbocycles. The molecule has 4 aromatic carbocycles. The van der Waals surface area contributed by atoms with Crippen LogP contribution in [0.15, 0.2) is 72.8 Å². The van der Waals surface area contributed by atoms with Crippen LogP contribution >= 0.6 is 0 Å². The molecule has 12 heteroatoms. The van der Waals surface area contributed by atoms with Gasteiger partial charge in [-0.2, -0.15) is 0 Å². The van der Waals surface area contributed by atoms with Gasteiger partial charge >= 0.3 is 23.9 Å². The number of benzene rings is 4. The van der Waals surface area contributed by atoms with E-state index in [1.807, 2.05) is 63.2 Å². The average Bonchev–Trinajstić information content (AvgIpc) is 4.24. The summed E-state index contributed by atoms with van der Waals surface area (Å²) < 4.78 is 49.2. The maximum Gasteiger partial charge on any atom is 0.337 e. The SMILES string of the molecule is COC(=O)c1ccc2c(C3CCCCC3)c3n(c2c1)C[C@@]1(C(=O)O)C[C@H]1c1cc(F)ccc1-3.COC(=O)c1ccc2c(C3CCCCC3)c3n(c2c1)C[C@@]1(C(=O)OC(C)(C)C)C[C@H]1c1cc(F)ccc1-3. The summed E-state index contributed by atoms with van der Waals surface area (Å²) in [5, 5.41) is 12.4. The van der Waals surface area contributed by atoms with E-state index in [2.05, 4.69) is 9.13 Å². The zero-order chi connectivity index (χ0) is 49.0. The molecule has 10 nitrogen and oxygen atoms in total. The van der Waals surface area contributed by atoms with Crippen LogP contribution in [0.5, 0.6) is 0 Å². The maximum atomic E-state index is 14.7. The minimum absolute atomic E-state index is 0.106. The number of aromatic nitrogens is 2. The molecule has 364 valence electrons. The molecule has 0 amide bonds. The van der Waals surface area contributed by atoms with Gasteiger partial charge in [-0.25, -0.2) is 18.4 Å². The second-order valence-corrected chi connectivity index (χ2v) is 21.9. The van der Waals surface area contributed by atoms with Gasteiger partial charge in [0.05, 0.1) is 47.6 Å². The number of ether oxygens (including phenoxy) is 3. The molecule has 0 saturated heterocycles.